The second-order valence-electron chi connectivity index (χ2n) is 3.78. The van der Waals surface area contributed by atoms with Gasteiger partial charge in [-0.1, -0.05) is 35.0 Å². The maximum absolute atomic E-state index is 5.16. The molecule has 16 heavy (non-hydrogen) atoms. The smallest absolute Gasteiger partial charge is 0.282 e. The van der Waals surface area contributed by atoms with Crippen molar-refractivity contribution in [2.45, 2.75) is 20.4 Å². The SMILES string of the molecule is CC[NH2+]Cc1nc(-c2ccc(C)cc2)no1. The normalized spacial score (nSPS) is 10.6. The van der Waals surface area contributed by atoms with Gasteiger partial charge in [0.1, 0.15) is 0 Å². The van der Waals surface area contributed by atoms with Gasteiger partial charge in [0.15, 0.2) is 6.54 Å². The largest absolute Gasteiger partial charge is 0.339 e. The summed E-state index contributed by atoms with van der Waals surface area (Å²) in [5, 5.41) is 6.08. The van der Waals surface area contributed by atoms with Crippen LogP contribution in [0.1, 0.15) is 18.4 Å². The third kappa shape index (κ3) is 2.46. The molecule has 0 saturated heterocycles. The molecular weight excluding hydrogens is 202 g/mol. The summed E-state index contributed by atoms with van der Waals surface area (Å²) in [5.74, 6) is 1.34. The van der Waals surface area contributed by atoms with Gasteiger partial charge >= 0.3 is 0 Å². The molecule has 0 bridgehead atoms. The summed E-state index contributed by atoms with van der Waals surface area (Å²) in [6.07, 6.45) is 0. The van der Waals surface area contributed by atoms with Crippen LogP contribution < -0.4 is 5.32 Å². The van der Waals surface area contributed by atoms with Gasteiger partial charge in [-0.25, -0.2) is 0 Å². The third-order valence-electron chi connectivity index (χ3n) is 2.39. The van der Waals surface area contributed by atoms with Gasteiger partial charge in [0.05, 0.1) is 6.54 Å². The molecule has 0 fully saturated rings. The van der Waals surface area contributed by atoms with Crippen molar-refractivity contribution in [3.05, 3.63) is 35.7 Å². The van der Waals surface area contributed by atoms with E-state index >= 15 is 0 Å². The zero-order valence-corrected chi connectivity index (χ0v) is 9.60. The average molecular weight is 218 g/mol. The Bertz CT molecular complexity index is 448. The number of hydrogen-bond donors (Lipinski definition) is 1. The Morgan fingerprint density at radius 3 is 2.69 bits per heavy atom. The Labute approximate surface area is 94.7 Å². The van der Waals surface area contributed by atoms with E-state index in [-0.39, 0.29) is 0 Å². The van der Waals surface area contributed by atoms with Crippen LogP contribution in [-0.2, 0) is 6.54 Å². The van der Waals surface area contributed by atoms with Gasteiger partial charge < -0.3 is 9.84 Å². The fourth-order valence-corrected chi connectivity index (χ4v) is 1.43. The quantitative estimate of drug-likeness (QED) is 0.837. The molecule has 4 nitrogen and oxygen atoms in total. The molecule has 2 rings (SSSR count). The molecule has 0 aliphatic rings. The predicted octanol–water partition coefficient (Wildman–Crippen LogP) is 1.13. The topological polar surface area (TPSA) is 55.5 Å². The number of hydrogen-bond acceptors (Lipinski definition) is 3. The van der Waals surface area contributed by atoms with Crippen molar-refractivity contribution in [2.24, 2.45) is 0 Å². The summed E-state index contributed by atoms with van der Waals surface area (Å²) < 4.78 is 5.16. The van der Waals surface area contributed by atoms with Gasteiger partial charge in [0.2, 0.25) is 5.82 Å². The van der Waals surface area contributed by atoms with Gasteiger partial charge in [-0.05, 0) is 13.8 Å². The highest BCUT2D eigenvalue weighted by molar-refractivity contribution is 5.54. The first-order valence-corrected chi connectivity index (χ1v) is 5.51. The lowest BCUT2D eigenvalue weighted by atomic mass is 10.1. The first-order valence-electron chi connectivity index (χ1n) is 5.51. The van der Waals surface area contributed by atoms with Crippen molar-refractivity contribution in [1.29, 1.82) is 0 Å². The van der Waals surface area contributed by atoms with Crippen molar-refractivity contribution in [3.8, 4) is 11.4 Å². The molecule has 0 saturated carbocycles. The second kappa shape index (κ2) is 4.90. The van der Waals surface area contributed by atoms with Crippen molar-refractivity contribution < 1.29 is 9.84 Å². The molecule has 0 atom stereocenters. The number of aryl methyl sites for hydroxylation is 1. The van der Waals surface area contributed by atoms with Crippen LogP contribution >= 0.6 is 0 Å². The molecule has 4 heteroatoms. The van der Waals surface area contributed by atoms with Crippen LogP contribution in [0.3, 0.4) is 0 Å². The number of aromatic nitrogens is 2. The fraction of sp³-hybridized carbons (Fsp3) is 0.333. The van der Waals surface area contributed by atoms with E-state index < -0.39 is 0 Å². The molecule has 0 unspecified atom stereocenters. The van der Waals surface area contributed by atoms with Crippen molar-refractivity contribution >= 4 is 0 Å². The van der Waals surface area contributed by atoms with Gasteiger partial charge in [-0.3, -0.25) is 0 Å². The molecule has 2 aromatic rings. The maximum atomic E-state index is 5.16. The highest BCUT2D eigenvalue weighted by atomic mass is 16.5. The molecule has 1 heterocycles. The lowest BCUT2D eigenvalue weighted by Crippen LogP contribution is -2.81. The van der Waals surface area contributed by atoms with E-state index in [0.717, 1.165) is 18.7 Å². The molecule has 0 aliphatic carbocycles. The highest BCUT2D eigenvalue weighted by Crippen LogP contribution is 2.15. The van der Waals surface area contributed by atoms with E-state index in [0.29, 0.717) is 11.7 Å². The molecule has 1 aromatic carbocycles. The molecule has 0 amide bonds. The lowest BCUT2D eigenvalue weighted by molar-refractivity contribution is -0.670. The number of benzene rings is 1. The van der Waals surface area contributed by atoms with E-state index in [1.165, 1.54) is 5.56 Å². The summed E-state index contributed by atoms with van der Waals surface area (Å²) in [6.45, 7) is 5.91. The number of nitrogens with zero attached hydrogens (tertiary/aromatic N) is 2. The van der Waals surface area contributed by atoms with Crippen molar-refractivity contribution in [1.82, 2.24) is 10.1 Å². The molecule has 1 aromatic heterocycles. The van der Waals surface area contributed by atoms with Gasteiger partial charge in [0, 0.05) is 5.56 Å². The fourth-order valence-electron chi connectivity index (χ4n) is 1.43. The average Bonchev–Trinajstić information content (AvgIpc) is 2.76. The van der Waals surface area contributed by atoms with Crippen LogP contribution in [0.25, 0.3) is 11.4 Å². The standard InChI is InChI=1S/C12H15N3O/c1-3-13-8-11-14-12(15-16-11)10-6-4-9(2)5-7-10/h4-7,13H,3,8H2,1-2H3/p+1. The molecule has 0 aliphatic heterocycles. The minimum Gasteiger partial charge on any atom is -0.339 e. The lowest BCUT2D eigenvalue weighted by Gasteiger charge is -1.94. The van der Waals surface area contributed by atoms with Gasteiger partial charge in [0.25, 0.3) is 5.89 Å². The first-order chi connectivity index (χ1) is 7.79. The Kier molecular flexibility index (Phi) is 3.31. The Balaban J connectivity index is 2.15. The minimum absolute atomic E-state index is 0.666. The van der Waals surface area contributed by atoms with Gasteiger partial charge in [-0.15, -0.1) is 0 Å². The summed E-state index contributed by atoms with van der Waals surface area (Å²) in [7, 11) is 0. The molecule has 0 spiro atoms. The predicted molar refractivity (Wildman–Crippen MR) is 60.6 cm³/mol. The van der Waals surface area contributed by atoms with Crippen LogP contribution in [0, 0.1) is 6.92 Å². The van der Waals surface area contributed by atoms with Crippen LogP contribution in [-0.4, -0.2) is 16.7 Å². The minimum atomic E-state index is 0.666. The van der Waals surface area contributed by atoms with Crippen LogP contribution in [0.2, 0.25) is 0 Å². The maximum Gasteiger partial charge on any atom is 0.282 e. The molecule has 2 N–H and O–H groups in total. The summed E-state index contributed by atoms with van der Waals surface area (Å²) >= 11 is 0. The van der Waals surface area contributed by atoms with E-state index in [9.17, 15) is 0 Å². The summed E-state index contributed by atoms with van der Waals surface area (Å²) in [6, 6.07) is 8.11. The number of rotatable bonds is 4. The third-order valence-corrected chi connectivity index (χ3v) is 2.39. The highest BCUT2D eigenvalue weighted by Gasteiger charge is 2.08. The number of nitrogens with two attached hydrogens (primary N) is 1. The van der Waals surface area contributed by atoms with Crippen molar-refractivity contribution in [2.75, 3.05) is 6.54 Å². The first kappa shape index (κ1) is 10.8. The Hall–Kier alpha value is -1.68. The van der Waals surface area contributed by atoms with E-state index in [2.05, 4.69) is 29.3 Å². The molecular formula is C12H16N3O+. The Morgan fingerprint density at radius 1 is 1.25 bits per heavy atom. The second-order valence-corrected chi connectivity index (χ2v) is 3.78. The molecule has 0 radical (unpaired) electrons. The van der Waals surface area contributed by atoms with E-state index in [1.807, 2.05) is 24.3 Å². The van der Waals surface area contributed by atoms with Crippen molar-refractivity contribution in [3.63, 3.8) is 0 Å². The summed E-state index contributed by atoms with van der Waals surface area (Å²) in [5.41, 5.74) is 2.23. The summed E-state index contributed by atoms with van der Waals surface area (Å²) in [4.78, 5) is 4.34. The zero-order chi connectivity index (χ0) is 11.4. The van der Waals surface area contributed by atoms with Crippen LogP contribution in [0.15, 0.2) is 28.8 Å². The Morgan fingerprint density at radius 2 is 2.00 bits per heavy atom. The van der Waals surface area contributed by atoms with E-state index in [1.54, 1.807) is 0 Å². The monoisotopic (exact) mass is 218 g/mol. The van der Waals surface area contributed by atoms with Crippen LogP contribution in [0.5, 0.6) is 0 Å². The van der Waals surface area contributed by atoms with E-state index in [4.69, 9.17) is 4.52 Å². The number of quaternary nitrogens is 1. The van der Waals surface area contributed by atoms with Crippen LogP contribution in [0.4, 0.5) is 0 Å². The van der Waals surface area contributed by atoms with Gasteiger partial charge in [-0.2, -0.15) is 4.98 Å². The molecule has 84 valence electrons. The zero-order valence-electron chi connectivity index (χ0n) is 9.60.